The Balaban J connectivity index is 1.88. The maximum absolute atomic E-state index is 11.9. The number of nitrogens with two attached hydrogens (primary N) is 1. The summed E-state index contributed by atoms with van der Waals surface area (Å²) in [5.74, 6) is 0.337. The highest BCUT2D eigenvalue weighted by Gasteiger charge is 2.27. The van der Waals surface area contributed by atoms with Crippen molar-refractivity contribution in [2.75, 3.05) is 25.0 Å². The number of nitrogens with zero attached hydrogens (tertiary/aromatic N) is 2. The Morgan fingerprint density at radius 2 is 2.50 bits per heavy atom. The lowest BCUT2D eigenvalue weighted by Crippen LogP contribution is -2.33. The molecule has 18 heavy (non-hydrogen) atoms. The molecule has 2 unspecified atom stereocenters. The number of anilines is 1. The van der Waals surface area contributed by atoms with E-state index in [-0.39, 0.29) is 11.9 Å². The lowest BCUT2D eigenvalue weighted by Gasteiger charge is -2.14. The third-order valence-electron chi connectivity index (χ3n) is 3.15. The Hall–Kier alpha value is -1.42. The Bertz CT molecular complexity index is 469. The predicted octanol–water partition coefficient (Wildman–Crippen LogP) is 0.837. The molecule has 0 aromatic carbocycles. The number of nitriles is 1. The van der Waals surface area contributed by atoms with E-state index in [9.17, 15) is 4.79 Å². The average molecular weight is 264 g/mol. The highest BCUT2D eigenvalue weighted by Crippen LogP contribution is 2.22. The smallest absolute Gasteiger partial charge is 0.239 e. The predicted molar refractivity (Wildman–Crippen MR) is 71.2 cm³/mol. The van der Waals surface area contributed by atoms with Gasteiger partial charge in [-0.3, -0.25) is 9.69 Å². The number of hydrogen-bond donors (Lipinski definition) is 2. The second kappa shape index (κ2) is 5.48. The first kappa shape index (κ1) is 13.0. The molecule has 0 aliphatic carbocycles. The number of rotatable bonds is 3. The van der Waals surface area contributed by atoms with Gasteiger partial charge >= 0.3 is 0 Å². The molecular weight excluding hydrogens is 248 g/mol. The van der Waals surface area contributed by atoms with Crippen LogP contribution >= 0.6 is 11.3 Å². The third-order valence-corrected chi connectivity index (χ3v) is 3.98. The van der Waals surface area contributed by atoms with Gasteiger partial charge in [-0.25, -0.2) is 0 Å². The first-order chi connectivity index (χ1) is 8.60. The first-order valence-electron chi connectivity index (χ1n) is 5.85. The summed E-state index contributed by atoms with van der Waals surface area (Å²) in [6, 6.07) is 3.90. The molecule has 0 radical (unpaired) electrons. The van der Waals surface area contributed by atoms with Gasteiger partial charge in [0.25, 0.3) is 0 Å². The molecule has 1 aromatic rings. The summed E-state index contributed by atoms with van der Waals surface area (Å²) in [6.07, 6.45) is 0. The van der Waals surface area contributed by atoms with Crippen LogP contribution in [0, 0.1) is 17.2 Å². The van der Waals surface area contributed by atoms with Gasteiger partial charge in [-0.1, -0.05) is 6.92 Å². The Kier molecular flexibility index (Phi) is 3.97. The summed E-state index contributed by atoms with van der Waals surface area (Å²) in [4.78, 5) is 13.9. The van der Waals surface area contributed by atoms with Gasteiger partial charge in [0.15, 0.2) is 0 Å². The average Bonchev–Trinajstić information content (AvgIpc) is 2.86. The van der Waals surface area contributed by atoms with Crippen molar-refractivity contribution in [2.24, 2.45) is 11.7 Å². The molecule has 1 fully saturated rings. The fraction of sp³-hybridized carbons (Fsp3) is 0.500. The number of carbonyl (C=O) groups excluding carboxylic acids is 1. The lowest BCUT2D eigenvalue weighted by molar-refractivity contribution is -0.117. The standard InChI is InChI=1S/C12H16N4OS/c1-8-5-16(6-10(8)14)7-11(17)15-12-9(4-13)2-3-18-12/h2-3,8,10H,5-7,14H2,1H3,(H,15,17). The van der Waals surface area contributed by atoms with Crippen LogP contribution in [-0.4, -0.2) is 36.5 Å². The van der Waals surface area contributed by atoms with Gasteiger partial charge in [0.05, 0.1) is 12.1 Å². The highest BCUT2D eigenvalue weighted by molar-refractivity contribution is 7.14. The summed E-state index contributed by atoms with van der Waals surface area (Å²) < 4.78 is 0. The van der Waals surface area contributed by atoms with Crippen LogP contribution < -0.4 is 11.1 Å². The molecule has 0 bridgehead atoms. The van der Waals surface area contributed by atoms with Gasteiger partial charge < -0.3 is 11.1 Å². The molecule has 6 heteroatoms. The van der Waals surface area contributed by atoms with Gasteiger partial charge in [-0.15, -0.1) is 11.3 Å². The van der Waals surface area contributed by atoms with Crippen LogP contribution in [0.5, 0.6) is 0 Å². The molecule has 96 valence electrons. The zero-order valence-corrected chi connectivity index (χ0v) is 11.0. The molecule has 2 heterocycles. The summed E-state index contributed by atoms with van der Waals surface area (Å²) in [5, 5.41) is 14.0. The molecule has 0 saturated carbocycles. The number of thiophene rings is 1. The van der Waals surface area contributed by atoms with E-state index in [0.29, 0.717) is 23.0 Å². The van der Waals surface area contributed by atoms with E-state index in [1.54, 1.807) is 11.4 Å². The molecule has 2 atom stereocenters. The summed E-state index contributed by atoms with van der Waals surface area (Å²) in [7, 11) is 0. The van der Waals surface area contributed by atoms with Crippen molar-refractivity contribution in [3.8, 4) is 6.07 Å². The zero-order valence-electron chi connectivity index (χ0n) is 10.2. The van der Waals surface area contributed by atoms with Gasteiger partial charge in [-0.05, 0) is 17.4 Å². The van der Waals surface area contributed by atoms with Crippen LogP contribution in [0.2, 0.25) is 0 Å². The summed E-state index contributed by atoms with van der Waals surface area (Å²) in [5.41, 5.74) is 6.43. The van der Waals surface area contributed by atoms with Crippen molar-refractivity contribution >= 4 is 22.2 Å². The molecule has 1 aliphatic heterocycles. The number of hydrogen-bond acceptors (Lipinski definition) is 5. The first-order valence-corrected chi connectivity index (χ1v) is 6.73. The van der Waals surface area contributed by atoms with Crippen LogP contribution in [0.4, 0.5) is 5.00 Å². The number of amides is 1. The fourth-order valence-corrected chi connectivity index (χ4v) is 2.84. The van der Waals surface area contributed by atoms with Crippen molar-refractivity contribution < 1.29 is 4.79 Å². The molecule has 2 rings (SSSR count). The van der Waals surface area contributed by atoms with Crippen LogP contribution in [0.15, 0.2) is 11.4 Å². The van der Waals surface area contributed by atoms with Crippen molar-refractivity contribution in [2.45, 2.75) is 13.0 Å². The normalized spacial score (nSPS) is 23.8. The molecule has 5 nitrogen and oxygen atoms in total. The third kappa shape index (κ3) is 2.88. The van der Waals surface area contributed by atoms with E-state index in [1.807, 2.05) is 4.90 Å². The Labute approximate surface area is 110 Å². The Morgan fingerprint density at radius 1 is 1.72 bits per heavy atom. The highest BCUT2D eigenvalue weighted by atomic mass is 32.1. The van der Waals surface area contributed by atoms with E-state index < -0.39 is 0 Å². The van der Waals surface area contributed by atoms with Crippen molar-refractivity contribution in [3.05, 3.63) is 17.0 Å². The van der Waals surface area contributed by atoms with E-state index in [1.165, 1.54) is 11.3 Å². The van der Waals surface area contributed by atoms with Gasteiger partial charge in [0, 0.05) is 19.1 Å². The second-order valence-corrected chi connectivity index (χ2v) is 5.57. The number of carbonyl (C=O) groups is 1. The molecule has 3 N–H and O–H groups in total. The van der Waals surface area contributed by atoms with E-state index in [2.05, 4.69) is 18.3 Å². The van der Waals surface area contributed by atoms with E-state index in [4.69, 9.17) is 11.0 Å². The minimum absolute atomic E-state index is 0.0877. The second-order valence-electron chi connectivity index (χ2n) is 4.66. The minimum atomic E-state index is -0.0877. The van der Waals surface area contributed by atoms with Crippen LogP contribution in [0.1, 0.15) is 12.5 Å². The van der Waals surface area contributed by atoms with Gasteiger partial charge in [-0.2, -0.15) is 5.26 Å². The molecular formula is C12H16N4OS. The quantitative estimate of drug-likeness (QED) is 0.847. The molecule has 1 amide bonds. The van der Waals surface area contributed by atoms with Gasteiger partial charge in [0.1, 0.15) is 11.1 Å². The van der Waals surface area contributed by atoms with Crippen molar-refractivity contribution in [1.82, 2.24) is 4.90 Å². The maximum Gasteiger partial charge on any atom is 0.239 e. The molecule has 1 aromatic heterocycles. The molecule has 1 saturated heterocycles. The zero-order chi connectivity index (χ0) is 13.1. The summed E-state index contributed by atoms with van der Waals surface area (Å²) in [6.45, 7) is 4.03. The molecule has 1 aliphatic rings. The maximum atomic E-state index is 11.9. The van der Waals surface area contributed by atoms with E-state index in [0.717, 1.165) is 13.1 Å². The topological polar surface area (TPSA) is 82.2 Å². The monoisotopic (exact) mass is 264 g/mol. The van der Waals surface area contributed by atoms with Crippen LogP contribution in [-0.2, 0) is 4.79 Å². The van der Waals surface area contributed by atoms with E-state index >= 15 is 0 Å². The summed E-state index contributed by atoms with van der Waals surface area (Å²) >= 11 is 1.36. The fourth-order valence-electron chi connectivity index (χ4n) is 2.09. The Morgan fingerprint density at radius 3 is 3.11 bits per heavy atom. The number of nitrogens with one attached hydrogen (secondary N) is 1. The lowest BCUT2D eigenvalue weighted by atomic mass is 10.1. The van der Waals surface area contributed by atoms with Crippen molar-refractivity contribution in [3.63, 3.8) is 0 Å². The molecule has 0 spiro atoms. The SMILES string of the molecule is CC1CN(CC(=O)Nc2sccc2C#N)CC1N. The largest absolute Gasteiger partial charge is 0.326 e. The number of likely N-dealkylation sites (tertiary alicyclic amines) is 1. The van der Waals surface area contributed by atoms with Crippen LogP contribution in [0.25, 0.3) is 0 Å². The van der Waals surface area contributed by atoms with Gasteiger partial charge in [0.2, 0.25) is 5.91 Å². The van der Waals surface area contributed by atoms with Crippen molar-refractivity contribution in [1.29, 1.82) is 5.26 Å². The minimum Gasteiger partial charge on any atom is -0.326 e. The van der Waals surface area contributed by atoms with Crippen LogP contribution in [0.3, 0.4) is 0 Å².